The maximum atomic E-state index is 4.67. The molecule has 0 saturated heterocycles. The number of thioether (sulfide) groups is 1. The van der Waals surface area contributed by atoms with Crippen LogP contribution in [0.1, 0.15) is 100 Å². The number of hydrogen-bond donors (Lipinski definition) is 0. The first kappa shape index (κ1) is 29.4. The van der Waals surface area contributed by atoms with Gasteiger partial charge in [-0.05, 0) is 66.8 Å². The molecule has 0 bridgehead atoms. The van der Waals surface area contributed by atoms with E-state index in [0.29, 0.717) is 4.75 Å². The van der Waals surface area contributed by atoms with Crippen LogP contribution in [0.25, 0.3) is 39.8 Å². The maximum Gasteiger partial charge on any atom is 0.168 e. The highest BCUT2D eigenvalue weighted by molar-refractivity contribution is 8.00. The van der Waals surface area contributed by atoms with Crippen LogP contribution < -0.4 is 0 Å². The van der Waals surface area contributed by atoms with Gasteiger partial charge in [0.15, 0.2) is 5.01 Å². The minimum atomic E-state index is 0.379. The zero-order valence-electron chi connectivity index (χ0n) is 25.0. The van der Waals surface area contributed by atoms with Gasteiger partial charge in [-0.3, -0.25) is 0 Å². The number of benzene rings is 3. The molecule has 3 aromatic carbocycles. The van der Waals surface area contributed by atoms with Gasteiger partial charge in [-0.15, -0.1) is 34.0 Å². The van der Waals surface area contributed by atoms with E-state index in [1.807, 2.05) is 28.7 Å². The summed E-state index contributed by atoms with van der Waals surface area (Å²) >= 11 is 7.80. The Kier molecular flexibility index (Phi) is 9.10. The Morgan fingerprint density at radius 2 is 1.37 bits per heavy atom. The van der Waals surface area contributed by atoms with E-state index in [4.69, 9.17) is 0 Å². The summed E-state index contributed by atoms with van der Waals surface area (Å²) in [5.74, 6) is 7.97. The molecular weight excluding hydrogens is 599 g/mol. The van der Waals surface area contributed by atoms with Crippen molar-refractivity contribution >= 4 is 85.6 Å². The third-order valence-electron chi connectivity index (χ3n) is 8.80. The molecule has 0 spiro atoms. The zero-order chi connectivity index (χ0) is 29.1. The van der Waals surface area contributed by atoms with Gasteiger partial charge in [-0.1, -0.05) is 101 Å². The van der Waals surface area contributed by atoms with Crippen LogP contribution in [0.15, 0.2) is 60.7 Å². The summed E-state index contributed by atoms with van der Waals surface area (Å²) in [5, 5.41) is 3.66. The van der Waals surface area contributed by atoms with Gasteiger partial charge in [-0.25, -0.2) is 4.98 Å². The molecule has 3 aromatic heterocycles. The van der Waals surface area contributed by atoms with Crippen molar-refractivity contribution in [1.29, 1.82) is 0 Å². The summed E-state index contributed by atoms with van der Waals surface area (Å²) in [4.78, 5) is 4.67. The smallest absolute Gasteiger partial charge is 0.168 e. The fourth-order valence-electron chi connectivity index (χ4n) is 6.16. The van der Waals surface area contributed by atoms with Gasteiger partial charge in [0.25, 0.3) is 0 Å². The van der Waals surface area contributed by atoms with Crippen molar-refractivity contribution in [1.82, 2.24) is 4.98 Å². The molecule has 0 N–H and O–H groups in total. The molecule has 0 unspecified atom stereocenters. The average molecular weight is 638 g/mol. The minimum absolute atomic E-state index is 0.379. The molecule has 1 nitrogen and oxygen atoms in total. The van der Waals surface area contributed by atoms with Gasteiger partial charge < -0.3 is 0 Å². The monoisotopic (exact) mass is 637 g/mol. The van der Waals surface area contributed by atoms with Crippen LogP contribution in [0, 0.1) is 11.8 Å². The third-order valence-corrected chi connectivity index (χ3v) is 13.9. The number of nitrogens with zero attached hydrogens (tertiary/aromatic N) is 1. The number of hydrogen-bond acceptors (Lipinski definition) is 5. The van der Waals surface area contributed by atoms with E-state index in [1.54, 1.807) is 16.9 Å². The largest absolute Gasteiger partial charge is 0.228 e. The first-order chi connectivity index (χ1) is 21.2. The highest BCUT2D eigenvalue weighted by Gasteiger charge is 2.44. The van der Waals surface area contributed by atoms with E-state index >= 15 is 0 Å². The number of aromatic nitrogens is 1. The van der Waals surface area contributed by atoms with Crippen LogP contribution in [0.5, 0.6) is 0 Å². The van der Waals surface area contributed by atoms with E-state index in [0.717, 1.165) is 16.1 Å². The lowest BCUT2D eigenvalue weighted by molar-refractivity contribution is 0.563. The summed E-state index contributed by atoms with van der Waals surface area (Å²) in [7, 11) is 0. The summed E-state index contributed by atoms with van der Waals surface area (Å²) in [6.07, 6.45) is 16.8. The third kappa shape index (κ3) is 6.54. The second-order valence-electron chi connectivity index (χ2n) is 12.0. The summed E-state index contributed by atoms with van der Waals surface area (Å²) in [6, 6.07) is 22.3. The molecule has 3 heterocycles. The quantitative estimate of drug-likeness (QED) is 0.0923. The summed E-state index contributed by atoms with van der Waals surface area (Å²) < 4.78 is 7.21. The van der Waals surface area contributed by atoms with Crippen molar-refractivity contribution in [3.05, 3.63) is 76.8 Å². The van der Waals surface area contributed by atoms with Crippen molar-refractivity contribution in [3.63, 3.8) is 0 Å². The molecule has 1 saturated carbocycles. The molecule has 6 aromatic rings. The van der Waals surface area contributed by atoms with E-state index in [9.17, 15) is 0 Å². The SMILES string of the molecule is CCCCCCCCCCCCSC1(c2ccc3c(c2)sc2c4ccc(C#Cc5nc6ccccc6s5)cc4sc32)CC1. The van der Waals surface area contributed by atoms with E-state index in [-0.39, 0.29) is 0 Å². The fourth-order valence-corrected chi connectivity index (χ4v) is 11.1. The Bertz CT molecular complexity index is 1890. The van der Waals surface area contributed by atoms with Crippen molar-refractivity contribution in [2.75, 3.05) is 5.75 Å². The molecule has 0 radical (unpaired) electrons. The normalized spacial score (nSPS) is 14.2. The van der Waals surface area contributed by atoms with Crippen molar-refractivity contribution in [3.8, 4) is 11.8 Å². The molecule has 43 heavy (non-hydrogen) atoms. The Morgan fingerprint density at radius 3 is 2.09 bits per heavy atom. The van der Waals surface area contributed by atoms with Gasteiger partial charge in [0.2, 0.25) is 0 Å². The molecule has 0 aliphatic heterocycles. The highest BCUT2D eigenvalue weighted by atomic mass is 32.2. The molecule has 0 atom stereocenters. The Morgan fingerprint density at radius 1 is 0.698 bits per heavy atom. The number of thiophene rings is 2. The van der Waals surface area contributed by atoms with E-state index < -0.39 is 0 Å². The van der Waals surface area contributed by atoms with Crippen molar-refractivity contribution in [2.24, 2.45) is 0 Å². The predicted octanol–water partition coefficient (Wildman–Crippen LogP) is 12.9. The molecule has 1 aliphatic carbocycles. The van der Waals surface area contributed by atoms with Crippen molar-refractivity contribution in [2.45, 2.75) is 88.7 Å². The second kappa shape index (κ2) is 13.3. The van der Waals surface area contributed by atoms with Gasteiger partial charge >= 0.3 is 0 Å². The van der Waals surface area contributed by atoms with E-state index in [2.05, 4.69) is 90.1 Å². The standard InChI is InChI=1S/C38H39NS4/c1-2-3-4-5-6-7-8-9-10-13-24-40-38(22-23-38)28-18-20-30-34(26-28)43-36-29-19-16-27(25-33(29)42-37(30)36)17-21-35-39-31-14-11-12-15-32(31)41-35/h11-12,14-16,18-20,25-26H,2-10,13,22-24H2,1H3. The number of unbranched alkanes of at least 4 members (excludes halogenated alkanes) is 9. The van der Waals surface area contributed by atoms with Gasteiger partial charge in [0, 0.05) is 30.5 Å². The number of thiazole rings is 1. The Balaban J connectivity index is 0.986. The first-order valence-corrected chi connectivity index (χ1v) is 19.6. The van der Waals surface area contributed by atoms with Crippen LogP contribution in [-0.4, -0.2) is 10.7 Å². The first-order valence-electron chi connectivity index (χ1n) is 16.1. The van der Waals surface area contributed by atoms with Crippen LogP contribution in [0.3, 0.4) is 0 Å². The van der Waals surface area contributed by atoms with Crippen LogP contribution in [-0.2, 0) is 4.75 Å². The predicted molar refractivity (Wildman–Crippen MR) is 196 cm³/mol. The van der Waals surface area contributed by atoms with Gasteiger partial charge in [-0.2, -0.15) is 11.8 Å². The average Bonchev–Trinajstić information content (AvgIpc) is 3.38. The molecule has 1 fully saturated rings. The lowest BCUT2D eigenvalue weighted by Crippen LogP contribution is -2.02. The molecule has 1 aliphatic rings. The highest BCUT2D eigenvalue weighted by Crippen LogP contribution is 2.58. The number of rotatable bonds is 13. The maximum absolute atomic E-state index is 4.67. The number of para-hydroxylation sites is 1. The molecule has 220 valence electrons. The van der Waals surface area contributed by atoms with Crippen LogP contribution >= 0.6 is 45.8 Å². The Labute approximate surface area is 272 Å². The second-order valence-corrected chi connectivity index (χ2v) is 16.7. The number of fused-ring (bicyclic) bond motifs is 6. The summed E-state index contributed by atoms with van der Waals surface area (Å²) in [5.41, 5.74) is 3.64. The molecule has 5 heteroatoms. The fraction of sp³-hybridized carbons (Fsp3) is 0.395. The summed E-state index contributed by atoms with van der Waals surface area (Å²) in [6.45, 7) is 2.30. The minimum Gasteiger partial charge on any atom is -0.228 e. The van der Waals surface area contributed by atoms with Crippen molar-refractivity contribution < 1.29 is 0 Å². The topological polar surface area (TPSA) is 12.9 Å². The molecular formula is C38H39NS4. The van der Waals surface area contributed by atoms with Crippen LogP contribution in [0.2, 0.25) is 0 Å². The lowest BCUT2D eigenvalue weighted by Gasteiger charge is -2.15. The van der Waals surface area contributed by atoms with E-state index in [1.165, 1.54) is 117 Å². The van der Waals surface area contributed by atoms with Gasteiger partial charge in [0.1, 0.15) is 0 Å². The Hall–Kier alpha value is -2.36. The lowest BCUT2D eigenvalue weighted by atomic mass is 10.1. The zero-order valence-corrected chi connectivity index (χ0v) is 28.3. The van der Waals surface area contributed by atoms with Gasteiger partial charge in [0.05, 0.1) is 19.6 Å². The molecule has 7 rings (SSSR count). The van der Waals surface area contributed by atoms with Crippen LogP contribution in [0.4, 0.5) is 0 Å². The molecule has 0 amide bonds.